The highest BCUT2D eigenvalue weighted by atomic mass is 19.1. The Hall–Kier alpha value is -3.20. The number of rotatable bonds is 3. The van der Waals surface area contributed by atoms with E-state index in [1.807, 2.05) is 60.7 Å². The maximum absolute atomic E-state index is 13.2. The molecule has 0 aliphatic rings. The van der Waals surface area contributed by atoms with E-state index in [0.29, 0.717) is 11.7 Å². The number of hydrogen-bond acceptors (Lipinski definition) is 2. The maximum Gasteiger partial charge on any atom is 0.227 e. The number of nitrogens with zero attached hydrogens (tertiary/aromatic N) is 1. The first-order valence-electron chi connectivity index (χ1n) is 7.69. The molecule has 0 N–H and O–H groups in total. The fourth-order valence-corrected chi connectivity index (χ4v) is 2.61. The molecule has 1 aromatic heterocycles. The van der Waals surface area contributed by atoms with Crippen LogP contribution in [-0.4, -0.2) is 4.98 Å². The average molecular weight is 315 g/mol. The minimum atomic E-state index is -0.281. The predicted molar refractivity (Wildman–Crippen MR) is 92.8 cm³/mol. The molecule has 116 valence electrons. The number of benzene rings is 3. The minimum Gasteiger partial charge on any atom is -0.435 e. The standard InChI is InChI=1S/C21H14FNO/c22-18-13-11-17(12-14-18)21-23-19(15-7-3-1-4-8-15)20(24-21)16-9-5-2-6-10-16/h1-14H. The van der Waals surface area contributed by atoms with Crippen LogP contribution in [-0.2, 0) is 0 Å². The molecule has 3 aromatic carbocycles. The molecule has 0 aliphatic carbocycles. The molecule has 0 saturated carbocycles. The zero-order valence-electron chi connectivity index (χ0n) is 12.8. The zero-order chi connectivity index (χ0) is 16.4. The lowest BCUT2D eigenvalue weighted by Gasteiger charge is -2.00. The Labute approximate surface area is 139 Å². The molecule has 0 bridgehead atoms. The number of halogens is 1. The van der Waals surface area contributed by atoms with Gasteiger partial charge in [0.2, 0.25) is 5.89 Å². The van der Waals surface area contributed by atoms with Gasteiger partial charge in [-0.05, 0) is 24.3 Å². The van der Waals surface area contributed by atoms with Gasteiger partial charge in [0, 0.05) is 16.7 Å². The van der Waals surface area contributed by atoms with Crippen molar-refractivity contribution < 1.29 is 8.81 Å². The van der Waals surface area contributed by atoms with Crippen LogP contribution in [0.3, 0.4) is 0 Å². The van der Waals surface area contributed by atoms with Crippen molar-refractivity contribution in [3.8, 4) is 34.0 Å². The summed E-state index contributed by atoms with van der Waals surface area (Å²) in [4.78, 5) is 4.67. The fraction of sp³-hybridized carbons (Fsp3) is 0. The van der Waals surface area contributed by atoms with Crippen LogP contribution in [0.1, 0.15) is 0 Å². The molecule has 24 heavy (non-hydrogen) atoms. The molecule has 0 aliphatic heterocycles. The minimum absolute atomic E-state index is 0.281. The van der Waals surface area contributed by atoms with E-state index in [2.05, 4.69) is 4.98 Å². The topological polar surface area (TPSA) is 26.0 Å². The Morgan fingerprint density at radius 2 is 1.21 bits per heavy atom. The van der Waals surface area contributed by atoms with Gasteiger partial charge in [-0.1, -0.05) is 60.7 Å². The van der Waals surface area contributed by atoms with Gasteiger partial charge in [0.05, 0.1) is 0 Å². The van der Waals surface area contributed by atoms with Crippen LogP contribution in [0.25, 0.3) is 34.0 Å². The Morgan fingerprint density at radius 1 is 0.625 bits per heavy atom. The van der Waals surface area contributed by atoms with Crippen LogP contribution in [0.5, 0.6) is 0 Å². The third-order valence-corrected chi connectivity index (χ3v) is 3.80. The van der Waals surface area contributed by atoms with Gasteiger partial charge in [-0.3, -0.25) is 0 Å². The van der Waals surface area contributed by atoms with Crippen LogP contribution in [0.4, 0.5) is 4.39 Å². The van der Waals surface area contributed by atoms with Gasteiger partial charge in [-0.2, -0.15) is 0 Å². The Morgan fingerprint density at radius 3 is 1.83 bits per heavy atom. The van der Waals surface area contributed by atoms with Gasteiger partial charge in [0.1, 0.15) is 11.5 Å². The molecule has 2 nitrogen and oxygen atoms in total. The normalized spacial score (nSPS) is 10.7. The van der Waals surface area contributed by atoms with Crippen molar-refractivity contribution in [3.05, 3.63) is 90.7 Å². The van der Waals surface area contributed by atoms with Crippen molar-refractivity contribution in [1.29, 1.82) is 0 Å². The summed E-state index contributed by atoms with van der Waals surface area (Å²) in [6, 6.07) is 25.9. The van der Waals surface area contributed by atoms with Gasteiger partial charge in [-0.15, -0.1) is 0 Å². The highest BCUT2D eigenvalue weighted by Gasteiger charge is 2.17. The quantitative estimate of drug-likeness (QED) is 0.476. The Bertz CT molecular complexity index is 887. The van der Waals surface area contributed by atoms with Crippen LogP contribution in [0.15, 0.2) is 89.3 Å². The van der Waals surface area contributed by atoms with Crippen molar-refractivity contribution in [2.24, 2.45) is 0 Å². The summed E-state index contributed by atoms with van der Waals surface area (Å²) in [5.74, 6) is 0.908. The first-order valence-corrected chi connectivity index (χ1v) is 7.69. The average Bonchev–Trinajstić information content (AvgIpc) is 3.09. The van der Waals surface area contributed by atoms with Crippen molar-refractivity contribution in [3.63, 3.8) is 0 Å². The van der Waals surface area contributed by atoms with Crippen LogP contribution >= 0.6 is 0 Å². The molecular weight excluding hydrogens is 301 g/mol. The molecule has 1 heterocycles. The second kappa shape index (κ2) is 6.13. The molecule has 0 saturated heterocycles. The second-order valence-electron chi connectivity index (χ2n) is 5.44. The summed E-state index contributed by atoms with van der Waals surface area (Å²) in [6.07, 6.45) is 0. The smallest absolute Gasteiger partial charge is 0.227 e. The maximum atomic E-state index is 13.2. The van der Waals surface area contributed by atoms with E-state index in [0.717, 1.165) is 22.4 Å². The molecule has 4 rings (SSSR count). The highest BCUT2D eigenvalue weighted by Crippen LogP contribution is 2.35. The fourth-order valence-electron chi connectivity index (χ4n) is 2.61. The Kier molecular flexibility index (Phi) is 3.67. The second-order valence-corrected chi connectivity index (χ2v) is 5.44. The van der Waals surface area contributed by atoms with E-state index in [1.165, 1.54) is 12.1 Å². The Balaban J connectivity index is 1.89. The first-order chi connectivity index (χ1) is 11.8. The molecular formula is C21H14FNO. The number of oxazole rings is 1. The summed E-state index contributed by atoms with van der Waals surface area (Å²) in [5.41, 5.74) is 3.46. The summed E-state index contributed by atoms with van der Waals surface area (Å²) >= 11 is 0. The molecule has 0 amide bonds. The molecule has 0 atom stereocenters. The number of hydrogen-bond donors (Lipinski definition) is 0. The van der Waals surface area contributed by atoms with E-state index in [9.17, 15) is 4.39 Å². The third-order valence-electron chi connectivity index (χ3n) is 3.80. The summed E-state index contributed by atoms with van der Waals surface area (Å²) in [5, 5.41) is 0. The van der Waals surface area contributed by atoms with Gasteiger partial charge in [0.15, 0.2) is 5.76 Å². The largest absolute Gasteiger partial charge is 0.435 e. The summed E-state index contributed by atoms with van der Waals surface area (Å²) in [6.45, 7) is 0. The number of aromatic nitrogens is 1. The van der Waals surface area contributed by atoms with E-state index in [1.54, 1.807) is 12.1 Å². The lowest BCUT2D eigenvalue weighted by atomic mass is 10.1. The molecule has 0 radical (unpaired) electrons. The third kappa shape index (κ3) is 2.72. The first kappa shape index (κ1) is 14.4. The van der Waals surface area contributed by atoms with Crippen LogP contribution in [0.2, 0.25) is 0 Å². The van der Waals surface area contributed by atoms with E-state index < -0.39 is 0 Å². The summed E-state index contributed by atoms with van der Waals surface area (Å²) < 4.78 is 19.2. The highest BCUT2D eigenvalue weighted by molar-refractivity contribution is 5.78. The van der Waals surface area contributed by atoms with Gasteiger partial charge >= 0.3 is 0 Å². The molecule has 4 aromatic rings. The van der Waals surface area contributed by atoms with Gasteiger partial charge in [-0.25, -0.2) is 9.37 Å². The van der Waals surface area contributed by atoms with Gasteiger partial charge in [0.25, 0.3) is 0 Å². The predicted octanol–water partition coefficient (Wildman–Crippen LogP) is 5.81. The van der Waals surface area contributed by atoms with Crippen molar-refractivity contribution in [2.75, 3.05) is 0 Å². The van der Waals surface area contributed by atoms with Crippen molar-refractivity contribution in [2.45, 2.75) is 0 Å². The molecule has 0 fully saturated rings. The van der Waals surface area contributed by atoms with E-state index in [-0.39, 0.29) is 5.82 Å². The molecule has 0 unspecified atom stereocenters. The van der Waals surface area contributed by atoms with E-state index in [4.69, 9.17) is 4.42 Å². The SMILES string of the molecule is Fc1ccc(-c2nc(-c3ccccc3)c(-c3ccccc3)o2)cc1. The van der Waals surface area contributed by atoms with Gasteiger partial charge < -0.3 is 4.42 Å². The van der Waals surface area contributed by atoms with Crippen molar-refractivity contribution in [1.82, 2.24) is 4.98 Å². The molecule has 0 spiro atoms. The lowest BCUT2D eigenvalue weighted by molar-refractivity contribution is 0.588. The zero-order valence-corrected chi connectivity index (χ0v) is 12.8. The van der Waals surface area contributed by atoms with Crippen molar-refractivity contribution >= 4 is 0 Å². The van der Waals surface area contributed by atoms with E-state index >= 15 is 0 Å². The monoisotopic (exact) mass is 315 g/mol. The summed E-state index contributed by atoms with van der Waals surface area (Å²) in [7, 11) is 0. The van der Waals surface area contributed by atoms with Crippen LogP contribution < -0.4 is 0 Å². The lowest BCUT2D eigenvalue weighted by Crippen LogP contribution is -1.82. The van der Waals surface area contributed by atoms with Crippen LogP contribution in [0, 0.1) is 5.82 Å². The molecule has 3 heteroatoms.